The Kier molecular flexibility index (Phi) is 4.92. The van der Waals surface area contributed by atoms with Crippen LogP contribution in [0.1, 0.15) is 23.5 Å². The van der Waals surface area contributed by atoms with Crippen molar-refractivity contribution in [1.82, 2.24) is 25.4 Å². The van der Waals surface area contributed by atoms with Crippen LogP contribution < -0.4 is 10.6 Å². The minimum Gasteiger partial charge on any atom is -0.352 e. The number of thiazole rings is 1. The third-order valence-corrected chi connectivity index (χ3v) is 4.88. The van der Waals surface area contributed by atoms with E-state index in [1.165, 1.54) is 4.70 Å². The summed E-state index contributed by atoms with van der Waals surface area (Å²) < 4.78 is 2.87. The minimum atomic E-state index is -0.406. The first-order valence-electron chi connectivity index (χ1n) is 7.87. The molecular formula is C17H21N5OS. The number of carbonyl (C=O) groups is 1. The number of benzene rings is 1. The first-order valence-corrected chi connectivity index (χ1v) is 8.69. The quantitative estimate of drug-likeness (QED) is 0.718. The van der Waals surface area contributed by atoms with Crippen LogP contribution in [0.5, 0.6) is 0 Å². The van der Waals surface area contributed by atoms with E-state index in [2.05, 4.69) is 26.8 Å². The SMILES string of the molecule is CNC(C(=O)NC(C)Cc1nc2ccccc2s1)c1cnn(C)c1. The van der Waals surface area contributed by atoms with Crippen LogP contribution >= 0.6 is 11.3 Å². The van der Waals surface area contributed by atoms with E-state index < -0.39 is 6.04 Å². The van der Waals surface area contributed by atoms with E-state index in [1.54, 1.807) is 29.3 Å². The van der Waals surface area contributed by atoms with Gasteiger partial charge in [-0.1, -0.05) is 12.1 Å². The predicted molar refractivity (Wildman–Crippen MR) is 95.9 cm³/mol. The lowest BCUT2D eigenvalue weighted by Gasteiger charge is -2.18. The molecule has 2 heterocycles. The number of aromatic nitrogens is 3. The van der Waals surface area contributed by atoms with Gasteiger partial charge in [-0.05, 0) is 26.1 Å². The summed E-state index contributed by atoms with van der Waals surface area (Å²) in [5.74, 6) is -0.0564. The van der Waals surface area contributed by atoms with Crippen molar-refractivity contribution < 1.29 is 4.79 Å². The third-order valence-electron chi connectivity index (χ3n) is 3.82. The fraction of sp³-hybridized carbons (Fsp3) is 0.353. The zero-order valence-electron chi connectivity index (χ0n) is 14.0. The van der Waals surface area contributed by atoms with Crippen molar-refractivity contribution in [3.63, 3.8) is 0 Å². The highest BCUT2D eigenvalue weighted by molar-refractivity contribution is 7.18. The average Bonchev–Trinajstić information content (AvgIpc) is 3.13. The van der Waals surface area contributed by atoms with Crippen LogP contribution in [0.3, 0.4) is 0 Å². The molecule has 2 unspecified atom stereocenters. The molecule has 0 spiro atoms. The maximum Gasteiger partial charge on any atom is 0.242 e. The van der Waals surface area contributed by atoms with Crippen LogP contribution in [0.15, 0.2) is 36.7 Å². The molecule has 2 aromatic heterocycles. The molecule has 0 saturated heterocycles. The molecule has 1 amide bonds. The Morgan fingerprint density at radius 1 is 1.38 bits per heavy atom. The first-order chi connectivity index (χ1) is 11.6. The zero-order valence-corrected chi connectivity index (χ0v) is 14.8. The maximum absolute atomic E-state index is 12.5. The summed E-state index contributed by atoms with van der Waals surface area (Å²) in [6.45, 7) is 2.00. The largest absolute Gasteiger partial charge is 0.352 e. The van der Waals surface area contributed by atoms with Crippen molar-refractivity contribution in [3.05, 3.63) is 47.2 Å². The number of hydrogen-bond donors (Lipinski definition) is 2. The number of fused-ring (bicyclic) bond motifs is 1. The second-order valence-corrected chi connectivity index (χ2v) is 6.97. The number of likely N-dealkylation sites (N-methyl/N-ethyl adjacent to an activating group) is 1. The number of para-hydroxylation sites is 1. The molecule has 3 aromatic rings. The highest BCUT2D eigenvalue weighted by Crippen LogP contribution is 2.22. The Hall–Kier alpha value is -2.25. The van der Waals surface area contributed by atoms with Crippen molar-refractivity contribution in [2.45, 2.75) is 25.4 Å². The molecule has 2 atom stereocenters. The van der Waals surface area contributed by atoms with Gasteiger partial charge < -0.3 is 10.6 Å². The van der Waals surface area contributed by atoms with Crippen molar-refractivity contribution in [3.8, 4) is 0 Å². The smallest absolute Gasteiger partial charge is 0.242 e. The Morgan fingerprint density at radius 3 is 2.83 bits per heavy atom. The molecule has 126 valence electrons. The normalized spacial score (nSPS) is 13.8. The van der Waals surface area contributed by atoms with Crippen LogP contribution in [0, 0.1) is 0 Å². The summed E-state index contributed by atoms with van der Waals surface area (Å²) in [6.07, 6.45) is 4.27. The standard InChI is InChI=1S/C17H21N5OS/c1-11(8-15-21-13-6-4-5-7-14(13)24-15)20-17(23)16(18-2)12-9-19-22(3)10-12/h4-7,9-11,16,18H,8H2,1-3H3,(H,20,23). The molecular weight excluding hydrogens is 322 g/mol. The zero-order chi connectivity index (χ0) is 17.1. The number of rotatable bonds is 6. The van der Waals surface area contributed by atoms with Crippen LogP contribution in [0.25, 0.3) is 10.2 Å². The van der Waals surface area contributed by atoms with Gasteiger partial charge in [0.25, 0.3) is 0 Å². The molecule has 0 fully saturated rings. The molecule has 3 rings (SSSR count). The fourth-order valence-corrected chi connectivity index (χ4v) is 3.78. The van der Waals surface area contributed by atoms with Gasteiger partial charge in [0.15, 0.2) is 0 Å². The lowest BCUT2D eigenvalue weighted by Crippen LogP contribution is -2.41. The molecule has 24 heavy (non-hydrogen) atoms. The number of nitrogens with one attached hydrogen (secondary N) is 2. The highest BCUT2D eigenvalue weighted by atomic mass is 32.1. The van der Waals surface area contributed by atoms with Gasteiger partial charge in [-0.25, -0.2) is 4.98 Å². The molecule has 0 saturated carbocycles. The first kappa shape index (κ1) is 16.6. The van der Waals surface area contributed by atoms with Gasteiger partial charge in [0.05, 0.1) is 21.4 Å². The van der Waals surface area contributed by atoms with Crippen molar-refractivity contribution in [1.29, 1.82) is 0 Å². The molecule has 0 bridgehead atoms. The lowest BCUT2D eigenvalue weighted by molar-refractivity contribution is -0.123. The van der Waals surface area contributed by atoms with E-state index in [0.717, 1.165) is 16.1 Å². The molecule has 2 N–H and O–H groups in total. The van der Waals surface area contributed by atoms with Crippen molar-refractivity contribution >= 4 is 27.5 Å². The van der Waals surface area contributed by atoms with Crippen LogP contribution in [-0.2, 0) is 18.3 Å². The number of aryl methyl sites for hydroxylation is 1. The summed E-state index contributed by atoms with van der Waals surface area (Å²) in [6, 6.07) is 7.68. The second-order valence-electron chi connectivity index (χ2n) is 5.86. The van der Waals surface area contributed by atoms with Crippen LogP contribution in [0.2, 0.25) is 0 Å². The number of nitrogens with zero attached hydrogens (tertiary/aromatic N) is 3. The Morgan fingerprint density at radius 2 is 2.17 bits per heavy atom. The average molecular weight is 343 g/mol. The van der Waals surface area contributed by atoms with Gasteiger partial charge in [-0.2, -0.15) is 5.10 Å². The molecule has 0 aliphatic rings. The van der Waals surface area contributed by atoms with Crippen LogP contribution in [-0.4, -0.2) is 33.8 Å². The number of hydrogen-bond acceptors (Lipinski definition) is 5. The lowest BCUT2D eigenvalue weighted by atomic mass is 10.1. The van der Waals surface area contributed by atoms with Gasteiger partial charge in [0, 0.05) is 31.3 Å². The van der Waals surface area contributed by atoms with Gasteiger partial charge in [-0.3, -0.25) is 9.48 Å². The summed E-state index contributed by atoms with van der Waals surface area (Å²) in [7, 11) is 3.61. The molecule has 1 aromatic carbocycles. The minimum absolute atomic E-state index is 0.00517. The monoisotopic (exact) mass is 343 g/mol. The van der Waals surface area contributed by atoms with Gasteiger partial charge in [0.1, 0.15) is 6.04 Å². The predicted octanol–water partition coefficient (Wildman–Crippen LogP) is 2.04. The Balaban J connectivity index is 1.64. The van der Waals surface area contributed by atoms with Gasteiger partial charge >= 0.3 is 0 Å². The van der Waals surface area contributed by atoms with Gasteiger partial charge in [-0.15, -0.1) is 11.3 Å². The molecule has 6 nitrogen and oxygen atoms in total. The second kappa shape index (κ2) is 7.11. The molecule has 0 aliphatic carbocycles. The summed E-state index contributed by atoms with van der Waals surface area (Å²) in [5.41, 5.74) is 1.86. The van der Waals surface area contributed by atoms with E-state index in [1.807, 2.05) is 38.4 Å². The number of carbonyl (C=O) groups excluding carboxylic acids is 1. The Labute approximate surface area is 144 Å². The summed E-state index contributed by atoms with van der Waals surface area (Å²) >= 11 is 1.68. The Bertz CT molecular complexity index is 807. The number of amides is 1. The molecule has 7 heteroatoms. The van der Waals surface area contributed by atoms with E-state index >= 15 is 0 Å². The van der Waals surface area contributed by atoms with Crippen molar-refractivity contribution in [2.75, 3.05) is 7.05 Å². The molecule has 0 radical (unpaired) electrons. The third kappa shape index (κ3) is 3.63. The van der Waals surface area contributed by atoms with Crippen molar-refractivity contribution in [2.24, 2.45) is 7.05 Å². The summed E-state index contributed by atoms with van der Waals surface area (Å²) in [4.78, 5) is 17.2. The van der Waals surface area contributed by atoms with E-state index in [4.69, 9.17) is 0 Å². The molecule has 0 aliphatic heterocycles. The fourth-order valence-electron chi connectivity index (χ4n) is 2.68. The van der Waals surface area contributed by atoms with Crippen LogP contribution in [0.4, 0.5) is 0 Å². The summed E-state index contributed by atoms with van der Waals surface area (Å²) in [5, 5.41) is 11.3. The highest BCUT2D eigenvalue weighted by Gasteiger charge is 2.22. The van der Waals surface area contributed by atoms with E-state index in [9.17, 15) is 4.79 Å². The van der Waals surface area contributed by atoms with E-state index in [0.29, 0.717) is 6.42 Å². The van der Waals surface area contributed by atoms with E-state index in [-0.39, 0.29) is 11.9 Å². The topological polar surface area (TPSA) is 71.8 Å². The maximum atomic E-state index is 12.5. The van der Waals surface area contributed by atoms with Gasteiger partial charge in [0.2, 0.25) is 5.91 Å².